The van der Waals surface area contributed by atoms with Gasteiger partial charge in [-0.2, -0.15) is 13.2 Å². The van der Waals surface area contributed by atoms with E-state index < -0.39 is 29.5 Å². The molecule has 0 spiro atoms. The molecule has 1 aliphatic rings. The number of hydrogen-bond donors (Lipinski definition) is 2. The number of pyridine rings is 1. The molecular formula is C30H31F3N2O3. The molecule has 3 aromatic rings. The number of nitrogens with one attached hydrogen (secondary N) is 1. The Morgan fingerprint density at radius 3 is 2.37 bits per heavy atom. The number of aliphatic carboxylic acids is 1. The van der Waals surface area contributed by atoms with Crippen molar-refractivity contribution in [2.75, 3.05) is 5.32 Å². The lowest BCUT2D eigenvalue weighted by atomic mass is 9.83. The van der Waals surface area contributed by atoms with Gasteiger partial charge in [-0.3, -0.25) is 14.6 Å². The Kier molecular flexibility index (Phi) is 8.19. The van der Waals surface area contributed by atoms with Crippen molar-refractivity contribution in [2.45, 2.75) is 58.0 Å². The van der Waals surface area contributed by atoms with Crippen LogP contribution in [0.25, 0.3) is 11.1 Å². The minimum Gasteiger partial charge on any atom is -0.481 e. The second-order valence-electron chi connectivity index (χ2n) is 10.1. The van der Waals surface area contributed by atoms with Gasteiger partial charge in [0, 0.05) is 23.6 Å². The summed E-state index contributed by atoms with van der Waals surface area (Å²) in [5.41, 5.74) is 3.31. The van der Waals surface area contributed by atoms with Crippen molar-refractivity contribution in [1.29, 1.82) is 0 Å². The van der Waals surface area contributed by atoms with E-state index in [1.165, 1.54) is 6.20 Å². The Labute approximate surface area is 220 Å². The van der Waals surface area contributed by atoms with Crippen molar-refractivity contribution < 1.29 is 27.9 Å². The number of alkyl halides is 3. The fourth-order valence-corrected chi connectivity index (χ4v) is 5.23. The number of rotatable bonds is 8. The molecule has 5 nitrogen and oxygen atoms in total. The summed E-state index contributed by atoms with van der Waals surface area (Å²) < 4.78 is 39.4. The van der Waals surface area contributed by atoms with Crippen LogP contribution in [0.1, 0.15) is 60.8 Å². The van der Waals surface area contributed by atoms with Gasteiger partial charge in [-0.15, -0.1) is 0 Å². The Morgan fingerprint density at radius 1 is 1.05 bits per heavy atom. The molecule has 38 heavy (non-hydrogen) atoms. The number of aromatic nitrogens is 1. The molecule has 200 valence electrons. The van der Waals surface area contributed by atoms with Crippen LogP contribution in [0.15, 0.2) is 60.9 Å². The molecule has 1 aliphatic carbocycles. The molecule has 0 saturated heterocycles. The average molecular weight is 525 g/mol. The average Bonchev–Trinajstić information content (AvgIpc) is 3.41. The van der Waals surface area contributed by atoms with Gasteiger partial charge >= 0.3 is 12.1 Å². The fraction of sp³-hybridized carbons (Fsp3) is 0.367. The molecule has 0 bridgehead atoms. The largest absolute Gasteiger partial charge is 0.481 e. The molecule has 1 aromatic heterocycles. The molecule has 0 aliphatic heterocycles. The van der Waals surface area contributed by atoms with E-state index in [2.05, 4.69) is 10.3 Å². The highest BCUT2D eigenvalue weighted by molar-refractivity contribution is 5.97. The predicted octanol–water partition coefficient (Wildman–Crippen LogP) is 7.25. The number of halogens is 3. The molecule has 0 unspecified atom stereocenters. The minimum absolute atomic E-state index is 0.142. The van der Waals surface area contributed by atoms with Gasteiger partial charge in [0.05, 0.1) is 17.4 Å². The molecule has 0 radical (unpaired) electrons. The van der Waals surface area contributed by atoms with Crippen LogP contribution in [0.5, 0.6) is 0 Å². The maximum absolute atomic E-state index is 13.7. The summed E-state index contributed by atoms with van der Waals surface area (Å²) in [4.78, 5) is 28.7. The molecule has 1 fully saturated rings. The van der Waals surface area contributed by atoms with E-state index in [1.54, 1.807) is 19.1 Å². The van der Waals surface area contributed by atoms with Crippen LogP contribution in [0.4, 0.5) is 18.9 Å². The highest BCUT2D eigenvalue weighted by Gasteiger charge is 2.33. The van der Waals surface area contributed by atoms with Crippen molar-refractivity contribution in [1.82, 2.24) is 4.98 Å². The number of carbonyl (C=O) groups is 2. The second-order valence-corrected chi connectivity index (χ2v) is 10.1. The molecule has 8 heteroatoms. The van der Waals surface area contributed by atoms with Gasteiger partial charge in [0.1, 0.15) is 0 Å². The van der Waals surface area contributed by atoms with Crippen molar-refractivity contribution in [3.05, 3.63) is 83.2 Å². The molecule has 2 aromatic carbocycles. The minimum atomic E-state index is -4.48. The lowest BCUT2D eigenvalue weighted by Crippen LogP contribution is -2.27. The van der Waals surface area contributed by atoms with E-state index in [1.807, 2.05) is 37.3 Å². The van der Waals surface area contributed by atoms with E-state index in [0.29, 0.717) is 23.2 Å². The van der Waals surface area contributed by atoms with Crippen LogP contribution in [0, 0.1) is 18.8 Å². The predicted molar refractivity (Wildman–Crippen MR) is 140 cm³/mol. The highest BCUT2D eigenvalue weighted by Crippen LogP contribution is 2.39. The highest BCUT2D eigenvalue weighted by atomic mass is 19.4. The number of carboxylic acids is 1. The molecule has 1 amide bonds. The van der Waals surface area contributed by atoms with Gasteiger partial charge < -0.3 is 10.4 Å². The third-order valence-corrected chi connectivity index (χ3v) is 7.47. The standard InChI is InChI=1S/C30H31F3N2O3/c1-18(29(37)38)14-23-8-5-9-26(19(23)2)35-28(36)27(21-6-3-4-7-21)22-12-10-20(11-13-22)24-15-25(17-34-16-24)30(31,32)33/h5,8-13,15-18,21,27H,3-4,6-7,14H2,1-2H3,(H,35,36)(H,37,38)/t18-,27-/m1/s1. The van der Waals surface area contributed by atoms with Gasteiger partial charge in [0.25, 0.3) is 0 Å². The first kappa shape index (κ1) is 27.4. The van der Waals surface area contributed by atoms with Crippen LogP contribution >= 0.6 is 0 Å². The van der Waals surface area contributed by atoms with Crippen LogP contribution in [0.2, 0.25) is 0 Å². The number of carboxylic acid groups (broad SMARTS) is 1. The van der Waals surface area contributed by atoms with Gasteiger partial charge in [0.2, 0.25) is 5.91 Å². The van der Waals surface area contributed by atoms with Crippen LogP contribution in [0.3, 0.4) is 0 Å². The second kappa shape index (κ2) is 11.4. The first-order valence-corrected chi connectivity index (χ1v) is 12.8. The van der Waals surface area contributed by atoms with Gasteiger partial charge in [-0.1, -0.05) is 56.2 Å². The summed E-state index contributed by atoms with van der Waals surface area (Å²) in [6.07, 6.45) is 2.02. The zero-order valence-corrected chi connectivity index (χ0v) is 21.4. The fourth-order valence-electron chi connectivity index (χ4n) is 5.23. The Bertz CT molecular complexity index is 1300. The quantitative estimate of drug-likeness (QED) is 0.325. The first-order valence-electron chi connectivity index (χ1n) is 12.8. The molecule has 4 rings (SSSR count). The monoisotopic (exact) mass is 524 g/mol. The number of benzene rings is 2. The number of nitrogens with zero attached hydrogens (tertiary/aromatic N) is 1. The summed E-state index contributed by atoms with van der Waals surface area (Å²) in [6, 6.07) is 13.7. The van der Waals surface area contributed by atoms with E-state index >= 15 is 0 Å². The molecule has 1 heterocycles. The van der Waals surface area contributed by atoms with Crippen LogP contribution in [-0.4, -0.2) is 22.0 Å². The number of carbonyl (C=O) groups excluding carboxylic acids is 1. The van der Waals surface area contributed by atoms with E-state index in [0.717, 1.165) is 54.6 Å². The Morgan fingerprint density at radius 2 is 1.74 bits per heavy atom. The zero-order valence-electron chi connectivity index (χ0n) is 21.4. The lowest BCUT2D eigenvalue weighted by Gasteiger charge is -2.24. The summed E-state index contributed by atoms with van der Waals surface area (Å²) in [7, 11) is 0. The van der Waals surface area contributed by atoms with E-state index in [4.69, 9.17) is 0 Å². The van der Waals surface area contributed by atoms with Crippen molar-refractivity contribution >= 4 is 17.6 Å². The Hall–Kier alpha value is -3.68. The SMILES string of the molecule is Cc1c(C[C@@H](C)C(=O)O)cccc1NC(=O)[C@@H](c1ccc(-c2cncc(C(F)(F)F)c2)cc1)C1CCCC1. The van der Waals surface area contributed by atoms with Crippen LogP contribution < -0.4 is 5.32 Å². The van der Waals surface area contributed by atoms with Crippen molar-refractivity contribution in [3.8, 4) is 11.1 Å². The number of anilines is 1. The molecular weight excluding hydrogens is 493 g/mol. The zero-order chi connectivity index (χ0) is 27.4. The Balaban J connectivity index is 1.59. The summed E-state index contributed by atoms with van der Waals surface area (Å²) in [6.45, 7) is 3.53. The summed E-state index contributed by atoms with van der Waals surface area (Å²) in [5.74, 6) is -1.81. The lowest BCUT2D eigenvalue weighted by molar-refractivity contribution is -0.141. The van der Waals surface area contributed by atoms with Gasteiger partial charge in [-0.25, -0.2) is 0 Å². The third kappa shape index (κ3) is 6.23. The molecule has 2 N–H and O–H groups in total. The van der Waals surface area contributed by atoms with Gasteiger partial charge in [0.15, 0.2) is 0 Å². The van der Waals surface area contributed by atoms with E-state index in [-0.39, 0.29) is 11.8 Å². The van der Waals surface area contributed by atoms with Crippen molar-refractivity contribution in [2.24, 2.45) is 11.8 Å². The molecule has 2 atom stereocenters. The maximum Gasteiger partial charge on any atom is 0.417 e. The number of hydrogen-bond acceptors (Lipinski definition) is 3. The van der Waals surface area contributed by atoms with Crippen molar-refractivity contribution in [3.63, 3.8) is 0 Å². The normalized spacial score (nSPS) is 15.7. The maximum atomic E-state index is 13.7. The van der Waals surface area contributed by atoms with Gasteiger partial charge in [-0.05, 0) is 66.5 Å². The molecule has 1 saturated carbocycles. The summed E-state index contributed by atoms with van der Waals surface area (Å²) in [5, 5.41) is 12.4. The van der Waals surface area contributed by atoms with E-state index in [9.17, 15) is 27.9 Å². The van der Waals surface area contributed by atoms with Crippen LogP contribution in [-0.2, 0) is 22.2 Å². The summed E-state index contributed by atoms with van der Waals surface area (Å²) >= 11 is 0. The topological polar surface area (TPSA) is 79.3 Å². The third-order valence-electron chi connectivity index (χ3n) is 7.47. The first-order chi connectivity index (χ1) is 18.0. The smallest absolute Gasteiger partial charge is 0.417 e. The number of amides is 1.